The van der Waals surface area contributed by atoms with E-state index in [0.717, 1.165) is 0 Å². The first-order chi connectivity index (χ1) is 14.0. The summed E-state index contributed by atoms with van der Waals surface area (Å²) in [6.45, 7) is -1.71. The third kappa shape index (κ3) is 10.4. The van der Waals surface area contributed by atoms with Gasteiger partial charge in [-0.25, -0.2) is 4.57 Å². The van der Waals surface area contributed by atoms with Crippen LogP contribution in [0.3, 0.4) is 0 Å². The van der Waals surface area contributed by atoms with Crippen molar-refractivity contribution in [3.05, 3.63) is 0 Å². The second-order valence-corrected chi connectivity index (χ2v) is 9.42. The third-order valence-corrected chi connectivity index (χ3v) is 5.91. The lowest BCUT2D eigenvalue weighted by atomic mass is 9.97. The smallest absolute Gasteiger partial charge is 0.394 e. The number of rotatable bonds is 4. The van der Waals surface area contributed by atoms with Crippen LogP contribution in [0.1, 0.15) is 64.2 Å². The molecule has 12 heteroatoms. The lowest BCUT2D eigenvalue weighted by Crippen LogP contribution is -2.46. The number of ether oxygens (including phenoxy) is 1. The fraction of sp³-hybridized carbons (Fsp3) is 1.00. The van der Waals surface area contributed by atoms with Crippen LogP contribution in [0.25, 0.3) is 0 Å². The van der Waals surface area contributed by atoms with E-state index in [-0.39, 0.29) is 0 Å². The highest BCUT2D eigenvalue weighted by atomic mass is 31.2. The Balaban J connectivity index is 0.000000263. The molecule has 0 radical (unpaired) electrons. The first kappa shape index (κ1) is 27.9. The van der Waals surface area contributed by atoms with Gasteiger partial charge in [0.25, 0.3) is 0 Å². The lowest BCUT2D eigenvalue weighted by molar-refractivity contribution is -0.245. The second-order valence-electron chi connectivity index (χ2n) is 8.18. The van der Waals surface area contributed by atoms with E-state index >= 15 is 0 Å². The maximum Gasteiger partial charge on any atom is 0.469 e. The molecule has 4 atom stereocenters. The molecule has 1 unspecified atom stereocenters. The summed E-state index contributed by atoms with van der Waals surface area (Å²) < 4.78 is 19.0. The Bertz CT molecular complexity index is 496. The van der Waals surface area contributed by atoms with Gasteiger partial charge in [-0.2, -0.15) is 0 Å². The first-order valence-electron chi connectivity index (χ1n) is 10.6. The van der Waals surface area contributed by atoms with Gasteiger partial charge >= 0.3 is 7.82 Å². The van der Waals surface area contributed by atoms with Crippen LogP contribution in [0.2, 0.25) is 0 Å². The van der Waals surface area contributed by atoms with Crippen molar-refractivity contribution in [1.82, 2.24) is 0 Å². The molecule has 3 rings (SSSR count). The summed E-state index contributed by atoms with van der Waals surface area (Å²) in [7, 11) is -4.83. The monoisotopic (exact) mass is 458 g/mol. The van der Waals surface area contributed by atoms with Crippen molar-refractivity contribution >= 4 is 7.82 Å². The zero-order chi connectivity index (χ0) is 22.8. The predicted octanol–water partition coefficient (Wildman–Crippen LogP) is -0.547. The molecule has 0 amide bonds. The van der Waals surface area contributed by atoms with E-state index in [1.54, 1.807) is 0 Å². The summed E-state index contributed by atoms with van der Waals surface area (Å²) in [5.41, 5.74) is 11.3. The molecule has 0 aromatic rings. The summed E-state index contributed by atoms with van der Waals surface area (Å²) in [5.74, 6) is -2.46. The minimum absolute atomic E-state index is 0.536. The van der Waals surface area contributed by atoms with Gasteiger partial charge in [-0.05, 0) is 25.7 Å². The Morgan fingerprint density at radius 3 is 1.63 bits per heavy atom. The van der Waals surface area contributed by atoms with Crippen molar-refractivity contribution in [3.63, 3.8) is 0 Å². The van der Waals surface area contributed by atoms with Gasteiger partial charge in [-0.3, -0.25) is 4.52 Å². The third-order valence-electron chi connectivity index (χ3n) is 5.44. The number of nitrogens with two attached hydrogens (primary N) is 2. The molecule has 30 heavy (non-hydrogen) atoms. The molecular weight excluding hydrogens is 419 g/mol. The van der Waals surface area contributed by atoms with Crippen LogP contribution in [0.5, 0.6) is 0 Å². The molecule has 1 saturated heterocycles. The summed E-state index contributed by atoms with van der Waals surface area (Å²) >= 11 is 0. The highest BCUT2D eigenvalue weighted by Gasteiger charge is 2.54. The highest BCUT2D eigenvalue weighted by Crippen LogP contribution is 2.39. The topological polar surface area (TPSA) is 209 Å². The van der Waals surface area contributed by atoms with Gasteiger partial charge in [0.15, 0.2) is 0 Å². The van der Waals surface area contributed by atoms with Gasteiger partial charge in [0.2, 0.25) is 5.79 Å². The van der Waals surface area contributed by atoms with Crippen LogP contribution < -0.4 is 11.5 Å². The highest BCUT2D eigenvalue weighted by molar-refractivity contribution is 7.46. The van der Waals surface area contributed by atoms with E-state index in [4.69, 9.17) is 26.4 Å². The van der Waals surface area contributed by atoms with Gasteiger partial charge in [-0.1, -0.05) is 38.5 Å². The summed E-state index contributed by atoms with van der Waals surface area (Å²) in [6.07, 6.45) is 8.67. The van der Waals surface area contributed by atoms with Gasteiger partial charge < -0.3 is 46.4 Å². The lowest BCUT2D eigenvalue weighted by Gasteiger charge is -2.25. The van der Waals surface area contributed by atoms with Crippen molar-refractivity contribution in [2.75, 3.05) is 13.2 Å². The first-order valence-corrected chi connectivity index (χ1v) is 12.1. The van der Waals surface area contributed by atoms with Crippen LogP contribution in [-0.4, -0.2) is 79.6 Å². The quantitative estimate of drug-likeness (QED) is 0.251. The zero-order valence-electron chi connectivity index (χ0n) is 17.4. The number of hydrogen-bond acceptors (Lipinski definition) is 9. The number of aliphatic hydroxyl groups excluding tert-OH is 3. The molecule has 3 fully saturated rings. The fourth-order valence-electron chi connectivity index (χ4n) is 3.58. The zero-order valence-corrected chi connectivity index (χ0v) is 18.3. The Hall–Kier alpha value is -0.170. The van der Waals surface area contributed by atoms with E-state index < -0.39 is 45.1 Å². The molecule has 0 spiro atoms. The molecular formula is C18H39N2O9P. The van der Waals surface area contributed by atoms with E-state index in [9.17, 15) is 19.9 Å². The SMILES string of the molecule is NC1CCCCC1.NC1CCCCC1.O=P(O)(O)OCC1(O)O[C@H](CO)[C@@H](O)[C@@H]1O. The Kier molecular flexibility index (Phi) is 12.4. The molecule has 0 aromatic heterocycles. The maximum atomic E-state index is 10.4. The molecule has 1 aliphatic heterocycles. The molecule has 3 aliphatic rings. The van der Waals surface area contributed by atoms with Crippen molar-refractivity contribution in [1.29, 1.82) is 0 Å². The molecule has 1 heterocycles. The van der Waals surface area contributed by atoms with Crippen LogP contribution in [0.4, 0.5) is 0 Å². The Labute approximate surface area is 177 Å². The molecule has 2 aliphatic carbocycles. The Morgan fingerprint density at radius 1 is 0.933 bits per heavy atom. The number of aliphatic hydroxyl groups is 4. The average Bonchev–Trinajstić information content (AvgIpc) is 2.92. The molecule has 180 valence electrons. The molecule has 11 nitrogen and oxygen atoms in total. The standard InChI is InChI=1S/2C6H13N.C6H13O9P/c2*7-6-4-2-1-3-5-6;7-1-3-4(8)5(9)6(10,15-3)2-14-16(11,12)13/h2*6H,1-5,7H2;3-5,7-10H,1-2H2,(H2,11,12,13)/t;;3-,4-,5+,6?/m..1/s1. The van der Waals surface area contributed by atoms with Crippen LogP contribution >= 0.6 is 7.82 Å². The molecule has 0 bridgehead atoms. The maximum absolute atomic E-state index is 10.4. The average molecular weight is 458 g/mol. The summed E-state index contributed by atoms with van der Waals surface area (Å²) in [6, 6.07) is 1.07. The molecule has 2 saturated carbocycles. The van der Waals surface area contributed by atoms with Crippen molar-refractivity contribution in [2.45, 2.75) is 100 Å². The fourth-order valence-corrected chi connectivity index (χ4v) is 3.93. The van der Waals surface area contributed by atoms with Gasteiger partial charge in [-0.15, -0.1) is 0 Å². The summed E-state index contributed by atoms with van der Waals surface area (Å²) in [5, 5.41) is 36.9. The normalized spacial score (nSPS) is 33.3. The van der Waals surface area contributed by atoms with E-state index in [0.29, 0.717) is 12.1 Å². The minimum Gasteiger partial charge on any atom is -0.394 e. The van der Waals surface area contributed by atoms with Gasteiger partial charge in [0, 0.05) is 12.1 Å². The van der Waals surface area contributed by atoms with Crippen LogP contribution in [-0.2, 0) is 13.8 Å². The number of phosphoric ester groups is 1. The Morgan fingerprint density at radius 2 is 1.37 bits per heavy atom. The van der Waals surface area contributed by atoms with Gasteiger partial charge in [0.1, 0.15) is 24.9 Å². The van der Waals surface area contributed by atoms with Crippen molar-refractivity contribution in [3.8, 4) is 0 Å². The number of phosphoric acid groups is 1. The molecule has 10 N–H and O–H groups in total. The predicted molar refractivity (Wildman–Crippen MR) is 109 cm³/mol. The van der Waals surface area contributed by atoms with Crippen molar-refractivity contribution < 1.29 is 44.0 Å². The largest absolute Gasteiger partial charge is 0.469 e. The van der Waals surface area contributed by atoms with Crippen LogP contribution in [0.15, 0.2) is 0 Å². The van der Waals surface area contributed by atoms with E-state index in [1.165, 1.54) is 64.2 Å². The second kappa shape index (κ2) is 13.4. The van der Waals surface area contributed by atoms with E-state index in [2.05, 4.69) is 9.26 Å². The summed E-state index contributed by atoms with van der Waals surface area (Å²) in [4.78, 5) is 16.8. The van der Waals surface area contributed by atoms with Gasteiger partial charge in [0.05, 0.1) is 6.61 Å². The van der Waals surface area contributed by atoms with Crippen molar-refractivity contribution in [2.24, 2.45) is 11.5 Å². The van der Waals surface area contributed by atoms with Crippen LogP contribution in [0, 0.1) is 0 Å². The number of hydrogen-bond donors (Lipinski definition) is 8. The van der Waals surface area contributed by atoms with E-state index in [1.807, 2.05) is 0 Å². The minimum atomic E-state index is -4.83. The molecule has 0 aromatic carbocycles.